The van der Waals surface area contributed by atoms with Gasteiger partial charge in [0.05, 0.1) is 0 Å². The molecule has 0 radical (unpaired) electrons. The average molecular weight is 131 g/mol. The Bertz CT molecular complexity index is 121. The third-order valence-electron chi connectivity index (χ3n) is 0.667. The standard InChI is InChI=1S/C5H9NO3/c1-9-5(8)3-2-4(6)7/h2-3,5,8H,1H3,(H2,6,7)/b3-2+. The van der Waals surface area contributed by atoms with E-state index in [0.29, 0.717) is 0 Å². The van der Waals surface area contributed by atoms with Crippen LogP contribution < -0.4 is 5.73 Å². The summed E-state index contributed by atoms with van der Waals surface area (Å²) in [5.74, 6) is -0.605. The molecule has 0 aliphatic heterocycles. The number of hydrogen-bond donors (Lipinski definition) is 2. The van der Waals surface area contributed by atoms with E-state index in [1.807, 2.05) is 0 Å². The first-order valence-electron chi connectivity index (χ1n) is 2.35. The maximum atomic E-state index is 9.99. The van der Waals surface area contributed by atoms with Gasteiger partial charge < -0.3 is 15.6 Å². The summed E-state index contributed by atoms with van der Waals surface area (Å²) in [6.45, 7) is 0. The van der Waals surface area contributed by atoms with Crippen molar-refractivity contribution in [2.45, 2.75) is 6.29 Å². The molecular weight excluding hydrogens is 122 g/mol. The number of rotatable bonds is 3. The van der Waals surface area contributed by atoms with Gasteiger partial charge in [-0.05, 0) is 6.08 Å². The SMILES string of the molecule is COC(O)/C=C/C(N)=O. The van der Waals surface area contributed by atoms with E-state index in [1.54, 1.807) is 0 Å². The third-order valence-corrected chi connectivity index (χ3v) is 0.667. The van der Waals surface area contributed by atoms with Crippen LogP contribution >= 0.6 is 0 Å². The fourth-order valence-corrected chi connectivity index (χ4v) is 0.256. The van der Waals surface area contributed by atoms with Crippen LogP contribution in [0.25, 0.3) is 0 Å². The Morgan fingerprint density at radius 3 is 2.78 bits per heavy atom. The van der Waals surface area contributed by atoms with Crippen molar-refractivity contribution in [3.8, 4) is 0 Å². The Morgan fingerprint density at radius 1 is 1.89 bits per heavy atom. The van der Waals surface area contributed by atoms with Crippen LogP contribution in [-0.2, 0) is 9.53 Å². The number of carbonyl (C=O) groups is 1. The highest BCUT2D eigenvalue weighted by Crippen LogP contribution is 1.83. The molecule has 0 saturated carbocycles. The molecule has 0 aliphatic rings. The fourth-order valence-electron chi connectivity index (χ4n) is 0.256. The van der Waals surface area contributed by atoms with Gasteiger partial charge >= 0.3 is 0 Å². The molecule has 0 saturated heterocycles. The lowest BCUT2D eigenvalue weighted by Crippen LogP contribution is -2.09. The van der Waals surface area contributed by atoms with E-state index in [9.17, 15) is 4.79 Å². The zero-order valence-corrected chi connectivity index (χ0v) is 5.07. The highest BCUT2D eigenvalue weighted by molar-refractivity contribution is 5.85. The lowest BCUT2D eigenvalue weighted by atomic mass is 10.5. The van der Waals surface area contributed by atoms with Gasteiger partial charge in [0.2, 0.25) is 5.91 Å². The molecule has 3 N–H and O–H groups in total. The van der Waals surface area contributed by atoms with Crippen LogP contribution in [0.1, 0.15) is 0 Å². The summed E-state index contributed by atoms with van der Waals surface area (Å²) < 4.78 is 4.36. The molecule has 0 aliphatic carbocycles. The summed E-state index contributed by atoms with van der Waals surface area (Å²) in [7, 11) is 1.32. The van der Waals surface area contributed by atoms with Crippen molar-refractivity contribution < 1.29 is 14.6 Å². The first-order chi connectivity index (χ1) is 4.16. The normalized spacial score (nSPS) is 14.0. The van der Waals surface area contributed by atoms with E-state index in [1.165, 1.54) is 7.11 Å². The first kappa shape index (κ1) is 8.13. The van der Waals surface area contributed by atoms with Crippen LogP contribution in [-0.4, -0.2) is 24.4 Å². The zero-order chi connectivity index (χ0) is 7.28. The Labute approximate surface area is 52.9 Å². The summed E-state index contributed by atoms with van der Waals surface area (Å²) in [6, 6.07) is 0. The van der Waals surface area contributed by atoms with Crippen molar-refractivity contribution in [2.75, 3.05) is 7.11 Å². The number of amides is 1. The molecule has 1 amide bonds. The van der Waals surface area contributed by atoms with Crippen LogP contribution in [0.4, 0.5) is 0 Å². The number of hydrogen-bond acceptors (Lipinski definition) is 3. The molecule has 0 heterocycles. The molecule has 4 heteroatoms. The van der Waals surface area contributed by atoms with Crippen molar-refractivity contribution in [1.82, 2.24) is 0 Å². The van der Waals surface area contributed by atoms with Gasteiger partial charge in [0.1, 0.15) is 0 Å². The number of aliphatic hydroxyl groups is 1. The van der Waals surface area contributed by atoms with Gasteiger partial charge in [-0.1, -0.05) is 0 Å². The van der Waals surface area contributed by atoms with Crippen LogP contribution in [0.5, 0.6) is 0 Å². The lowest BCUT2D eigenvalue weighted by molar-refractivity contribution is -0.113. The van der Waals surface area contributed by atoms with E-state index in [2.05, 4.69) is 4.74 Å². The monoisotopic (exact) mass is 131 g/mol. The lowest BCUT2D eigenvalue weighted by Gasteiger charge is -1.98. The minimum atomic E-state index is -1.04. The highest BCUT2D eigenvalue weighted by Gasteiger charge is 1.92. The first-order valence-corrected chi connectivity index (χ1v) is 2.35. The molecule has 52 valence electrons. The maximum absolute atomic E-state index is 9.99. The molecule has 0 rings (SSSR count). The number of aliphatic hydroxyl groups excluding tert-OH is 1. The maximum Gasteiger partial charge on any atom is 0.241 e. The van der Waals surface area contributed by atoms with Crippen molar-refractivity contribution in [3.05, 3.63) is 12.2 Å². The summed E-state index contributed by atoms with van der Waals surface area (Å²) in [5.41, 5.74) is 4.70. The molecule has 0 bridgehead atoms. The average Bonchev–Trinajstić information content (AvgIpc) is 1.83. The molecule has 0 aromatic heterocycles. The zero-order valence-electron chi connectivity index (χ0n) is 5.07. The van der Waals surface area contributed by atoms with Crippen LogP contribution in [0.15, 0.2) is 12.2 Å². The number of carbonyl (C=O) groups excluding carboxylic acids is 1. The van der Waals surface area contributed by atoms with Gasteiger partial charge in [0.25, 0.3) is 0 Å². The summed E-state index contributed by atoms with van der Waals surface area (Å²) in [4.78, 5) is 9.99. The molecule has 4 nitrogen and oxygen atoms in total. The number of primary amides is 1. The minimum absolute atomic E-state index is 0.605. The van der Waals surface area contributed by atoms with Crippen molar-refractivity contribution in [1.29, 1.82) is 0 Å². The number of ether oxygens (including phenoxy) is 1. The third kappa shape index (κ3) is 4.99. The molecule has 0 spiro atoms. The minimum Gasteiger partial charge on any atom is -0.366 e. The predicted octanol–water partition coefficient (Wildman–Crippen LogP) is -1.01. The Balaban J connectivity index is 3.56. The molecule has 1 atom stereocenters. The Morgan fingerprint density at radius 2 is 2.44 bits per heavy atom. The van der Waals surface area contributed by atoms with E-state index in [4.69, 9.17) is 10.8 Å². The molecule has 1 unspecified atom stereocenters. The van der Waals surface area contributed by atoms with Gasteiger partial charge in [0.15, 0.2) is 6.29 Å². The predicted molar refractivity (Wildman–Crippen MR) is 31.4 cm³/mol. The van der Waals surface area contributed by atoms with Gasteiger partial charge in [-0.25, -0.2) is 0 Å². The van der Waals surface area contributed by atoms with Crippen LogP contribution in [0.3, 0.4) is 0 Å². The largest absolute Gasteiger partial charge is 0.366 e. The highest BCUT2D eigenvalue weighted by atomic mass is 16.6. The van der Waals surface area contributed by atoms with Crippen molar-refractivity contribution >= 4 is 5.91 Å². The Kier molecular flexibility index (Phi) is 3.66. The summed E-state index contributed by atoms with van der Waals surface area (Å²) >= 11 is 0. The second-order valence-corrected chi connectivity index (χ2v) is 1.39. The molecule has 0 fully saturated rings. The second kappa shape index (κ2) is 4.05. The van der Waals surface area contributed by atoms with Crippen molar-refractivity contribution in [3.63, 3.8) is 0 Å². The van der Waals surface area contributed by atoms with E-state index >= 15 is 0 Å². The van der Waals surface area contributed by atoms with E-state index in [-0.39, 0.29) is 0 Å². The van der Waals surface area contributed by atoms with Gasteiger partial charge in [0, 0.05) is 13.2 Å². The second-order valence-electron chi connectivity index (χ2n) is 1.39. The van der Waals surface area contributed by atoms with Crippen LogP contribution in [0.2, 0.25) is 0 Å². The number of methoxy groups -OCH3 is 1. The number of nitrogens with two attached hydrogens (primary N) is 1. The van der Waals surface area contributed by atoms with E-state index < -0.39 is 12.2 Å². The Hall–Kier alpha value is -0.870. The van der Waals surface area contributed by atoms with Gasteiger partial charge in [-0.3, -0.25) is 4.79 Å². The molecule has 0 aromatic carbocycles. The van der Waals surface area contributed by atoms with Gasteiger partial charge in [-0.15, -0.1) is 0 Å². The quantitative estimate of drug-likeness (QED) is 0.381. The summed E-state index contributed by atoms with van der Waals surface area (Å²) in [6.07, 6.45) is 1.15. The van der Waals surface area contributed by atoms with Crippen LogP contribution in [0, 0.1) is 0 Å². The molecule has 9 heavy (non-hydrogen) atoms. The summed E-state index contributed by atoms with van der Waals surface area (Å²) in [5, 5.41) is 8.59. The smallest absolute Gasteiger partial charge is 0.241 e. The van der Waals surface area contributed by atoms with E-state index in [0.717, 1.165) is 12.2 Å². The molecule has 0 aromatic rings. The molecular formula is C5H9NO3. The van der Waals surface area contributed by atoms with Gasteiger partial charge in [-0.2, -0.15) is 0 Å². The fraction of sp³-hybridized carbons (Fsp3) is 0.400. The van der Waals surface area contributed by atoms with Crippen molar-refractivity contribution in [2.24, 2.45) is 5.73 Å². The topological polar surface area (TPSA) is 72.6 Å².